The van der Waals surface area contributed by atoms with Crippen molar-refractivity contribution in [1.82, 2.24) is 19.8 Å². The number of benzene rings is 1. The molecule has 1 N–H and O–H groups in total. The standard InChI is InChI=1S/C27H38N4O4/c1-2-3-12-30(13-5-14-32)27(33)18-31-17-22(21-8-9-25-26(16-21)35-20-34-25)15-24(31)7-4-6-23-10-11-28-19-29-23/h8-11,16,19,22,24,32H,2-7,12-15,17-18,20H2,1H3/t22-,24+/m1/s1. The van der Waals surface area contributed by atoms with E-state index in [4.69, 9.17) is 9.47 Å². The lowest BCUT2D eigenvalue weighted by atomic mass is 9.94. The Labute approximate surface area is 208 Å². The Bertz CT molecular complexity index is 934. The molecule has 2 aliphatic heterocycles. The second kappa shape index (κ2) is 12.8. The van der Waals surface area contributed by atoms with Crippen LogP contribution in [0.4, 0.5) is 0 Å². The van der Waals surface area contributed by atoms with E-state index in [9.17, 15) is 9.90 Å². The number of likely N-dealkylation sites (tertiary alicyclic amines) is 1. The summed E-state index contributed by atoms with van der Waals surface area (Å²) < 4.78 is 11.1. The lowest BCUT2D eigenvalue weighted by Gasteiger charge is -2.28. The molecule has 1 aromatic carbocycles. The monoisotopic (exact) mass is 482 g/mol. The molecule has 1 amide bonds. The predicted molar refractivity (Wildman–Crippen MR) is 133 cm³/mol. The van der Waals surface area contributed by atoms with E-state index in [1.165, 1.54) is 5.56 Å². The molecule has 1 aromatic heterocycles. The van der Waals surface area contributed by atoms with Gasteiger partial charge in [0.05, 0.1) is 6.54 Å². The van der Waals surface area contributed by atoms with Crippen molar-refractivity contribution in [2.75, 3.05) is 39.6 Å². The third-order valence-corrected chi connectivity index (χ3v) is 7.07. The van der Waals surface area contributed by atoms with Gasteiger partial charge in [0.25, 0.3) is 0 Å². The molecule has 1 saturated heterocycles. The molecule has 0 aliphatic carbocycles. The Morgan fingerprint density at radius 1 is 1.17 bits per heavy atom. The number of hydrogen-bond donors (Lipinski definition) is 1. The summed E-state index contributed by atoms with van der Waals surface area (Å²) in [6, 6.07) is 8.54. The first-order valence-electron chi connectivity index (χ1n) is 12.9. The zero-order chi connectivity index (χ0) is 24.5. The molecule has 2 aromatic rings. The molecule has 0 unspecified atom stereocenters. The molecule has 8 heteroatoms. The highest BCUT2D eigenvalue weighted by atomic mass is 16.7. The van der Waals surface area contributed by atoms with Gasteiger partial charge >= 0.3 is 0 Å². The molecule has 2 aliphatic rings. The van der Waals surface area contributed by atoms with Gasteiger partial charge in [0, 0.05) is 44.2 Å². The van der Waals surface area contributed by atoms with Crippen LogP contribution in [0.3, 0.4) is 0 Å². The van der Waals surface area contributed by atoms with E-state index in [1.807, 2.05) is 17.0 Å². The Hall–Kier alpha value is -2.71. The van der Waals surface area contributed by atoms with Crippen LogP contribution in [0.15, 0.2) is 36.8 Å². The van der Waals surface area contributed by atoms with Gasteiger partial charge in [0.15, 0.2) is 11.5 Å². The third kappa shape index (κ3) is 6.92. The van der Waals surface area contributed by atoms with Gasteiger partial charge in [-0.25, -0.2) is 9.97 Å². The minimum absolute atomic E-state index is 0.109. The largest absolute Gasteiger partial charge is 0.454 e. The van der Waals surface area contributed by atoms with Crippen LogP contribution < -0.4 is 9.47 Å². The predicted octanol–water partition coefficient (Wildman–Crippen LogP) is 3.40. The molecule has 2 atom stereocenters. The minimum Gasteiger partial charge on any atom is -0.454 e. The normalized spacial score (nSPS) is 19.3. The summed E-state index contributed by atoms with van der Waals surface area (Å²) in [6.45, 7) is 5.17. The first-order chi connectivity index (χ1) is 17.2. The second-order valence-corrected chi connectivity index (χ2v) is 9.53. The topological polar surface area (TPSA) is 88.0 Å². The summed E-state index contributed by atoms with van der Waals surface area (Å²) in [5.74, 6) is 2.13. The van der Waals surface area contributed by atoms with Crippen molar-refractivity contribution in [2.24, 2.45) is 0 Å². The minimum atomic E-state index is 0.109. The number of ether oxygens (including phenoxy) is 2. The molecule has 0 bridgehead atoms. The number of aromatic nitrogens is 2. The van der Waals surface area contributed by atoms with Crippen LogP contribution in [0, 0.1) is 0 Å². The van der Waals surface area contributed by atoms with Gasteiger partial charge in [-0.1, -0.05) is 19.4 Å². The molecule has 0 radical (unpaired) electrons. The van der Waals surface area contributed by atoms with Crippen molar-refractivity contribution in [2.45, 2.75) is 63.8 Å². The van der Waals surface area contributed by atoms with Gasteiger partial charge in [0.1, 0.15) is 6.33 Å². The molecule has 190 valence electrons. The Morgan fingerprint density at radius 2 is 2.03 bits per heavy atom. The maximum Gasteiger partial charge on any atom is 0.236 e. The summed E-state index contributed by atoms with van der Waals surface area (Å²) in [7, 11) is 0. The Balaban J connectivity index is 1.43. The lowest BCUT2D eigenvalue weighted by Crippen LogP contribution is -2.43. The molecule has 4 rings (SSSR count). The van der Waals surface area contributed by atoms with Crippen LogP contribution >= 0.6 is 0 Å². The number of aliphatic hydroxyl groups is 1. The molecule has 0 saturated carbocycles. The van der Waals surface area contributed by atoms with E-state index < -0.39 is 0 Å². The van der Waals surface area contributed by atoms with Crippen molar-refractivity contribution in [3.63, 3.8) is 0 Å². The number of unbranched alkanes of at least 4 members (excludes halogenated alkanes) is 1. The quantitative estimate of drug-likeness (QED) is 0.468. The fourth-order valence-electron chi connectivity index (χ4n) is 5.12. The van der Waals surface area contributed by atoms with E-state index in [1.54, 1.807) is 12.5 Å². The third-order valence-electron chi connectivity index (χ3n) is 7.07. The molecule has 35 heavy (non-hydrogen) atoms. The summed E-state index contributed by atoms with van der Waals surface area (Å²) in [5.41, 5.74) is 2.30. The van der Waals surface area contributed by atoms with E-state index in [0.717, 1.165) is 68.8 Å². The summed E-state index contributed by atoms with van der Waals surface area (Å²) >= 11 is 0. The van der Waals surface area contributed by atoms with E-state index in [0.29, 0.717) is 31.5 Å². The SMILES string of the molecule is CCCCN(CCCO)C(=O)CN1C[C@H](c2ccc3c(c2)OCO3)C[C@@H]1CCCc1ccncn1. The Morgan fingerprint density at radius 3 is 2.83 bits per heavy atom. The van der Waals surface area contributed by atoms with E-state index in [-0.39, 0.29) is 19.3 Å². The average Bonchev–Trinajstić information content (AvgIpc) is 3.51. The van der Waals surface area contributed by atoms with Crippen molar-refractivity contribution in [1.29, 1.82) is 0 Å². The molecular formula is C27H38N4O4. The summed E-state index contributed by atoms with van der Waals surface area (Å²) in [6.07, 6.45) is 10.0. The van der Waals surface area contributed by atoms with E-state index in [2.05, 4.69) is 33.9 Å². The maximum atomic E-state index is 13.3. The van der Waals surface area contributed by atoms with Gasteiger partial charge in [-0.05, 0) is 68.2 Å². The fourth-order valence-corrected chi connectivity index (χ4v) is 5.12. The highest BCUT2D eigenvalue weighted by Gasteiger charge is 2.35. The summed E-state index contributed by atoms with van der Waals surface area (Å²) in [5, 5.41) is 9.29. The highest BCUT2D eigenvalue weighted by molar-refractivity contribution is 5.78. The highest BCUT2D eigenvalue weighted by Crippen LogP contribution is 2.39. The number of amides is 1. The van der Waals surface area contributed by atoms with Crippen LogP contribution in [0.2, 0.25) is 0 Å². The van der Waals surface area contributed by atoms with Crippen LogP contribution in [0.1, 0.15) is 62.6 Å². The molecular weight excluding hydrogens is 444 g/mol. The molecule has 1 fully saturated rings. The number of rotatable bonds is 13. The van der Waals surface area contributed by atoms with Gasteiger partial charge in [0.2, 0.25) is 12.7 Å². The zero-order valence-electron chi connectivity index (χ0n) is 20.8. The zero-order valence-corrected chi connectivity index (χ0v) is 20.8. The number of fused-ring (bicyclic) bond motifs is 1. The van der Waals surface area contributed by atoms with Gasteiger partial charge in [-0.2, -0.15) is 0 Å². The molecule has 3 heterocycles. The van der Waals surface area contributed by atoms with Crippen molar-refractivity contribution in [3.05, 3.63) is 48.0 Å². The number of aryl methyl sites for hydroxylation is 1. The number of aliphatic hydroxyl groups excluding tert-OH is 1. The van der Waals surface area contributed by atoms with Crippen molar-refractivity contribution >= 4 is 5.91 Å². The first-order valence-corrected chi connectivity index (χ1v) is 12.9. The molecule has 0 spiro atoms. The van der Waals surface area contributed by atoms with Crippen molar-refractivity contribution in [3.8, 4) is 11.5 Å². The molecule has 8 nitrogen and oxygen atoms in total. The smallest absolute Gasteiger partial charge is 0.236 e. The number of carbonyl (C=O) groups is 1. The first kappa shape index (κ1) is 25.4. The average molecular weight is 483 g/mol. The van der Waals surface area contributed by atoms with Gasteiger partial charge in [-0.15, -0.1) is 0 Å². The van der Waals surface area contributed by atoms with Crippen molar-refractivity contribution < 1.29 is 19.4 Å². The van der Waals surface area contributed by atoms with Crippen LogP contribution in [-0.4, -0.2) is 76.4 Å². The maximum absolute atomic E-state index is 13.3. The summed E-state index contributed by atoms with van der Waals surface area (Å²) in [4.78, 5) is 26.0. The van der Waals surface area contributed by atoms with Crippen LogP contribution in [0.25, 0.3) is 0 Å². The van der Waals surface area contributed by atoms with Crippen LogP contribution in [-0.2, 0) is 11.2 Å². The van der Waals surface area contributed by atoms with Gasteiger partial charge in [-0.3, -0.25) is 9.69 Å². The van der Waals surface area contributed by atoms with Gasteiger partial charge < -0.3 is 19.5 Å². The Kier molecular flexibility index (Phi) is 9.31. The number of carbonyl (C=O) groups excluding carboxylic acids is 1. The van der Waals surface area contributed by atoms with Crippen LogP contribution in [0.5, 0.6) is 11.5 Å². The number of hydrogen-bond acceptors (Lipinski definition) is 7. The number of nitrogens with zero attached hydrogens (tertiary/aromatic N) is 4. The lowest BCUT2D eigenvalue weighted by molar-refractivity contribution is -0.133. The fraction of sp³-hybridized carbons (Fsp3) is 0.593. The second-order valence-electron chi connectivity index (χ2n) is 9.53. The van der Waals surface area contributed by atoms with E-state index >= 15 is 0 Å².